The Kier molecular flexibility index (Phi) is 26.3. The van der Waals surface area contributed by atoms with Gasteiger partial charge in [-0.15, -0.1) is 0 Å². The second-order valence-corrected chi connectivity index (χ2v) is 23.7. The molecule has 3 aromatic carbocycles. The van der Waals surface area contributed by atoms with E-state index in [-0.39, 0.29) is 17.8 Å². The molecule has 0 bridgehead atoms. The molecule has 0 amide bonds. The Bertz CT molecular complexity index is 2200. The molecule has 2 fully saturated rings. The fraction of sp³-hybridized carbons (Fsp3) is 0.569. The second kappa shape index (κ2) is 30.6. The highest BCUT2D eigenvalue weighted by atomic mass is 32.2. The van der Waals surface area contributed by atoms with Crippen LogP contribution in [0.2, 0.25) is 0 Å². The lowest BCUT2D eigenvalue weighted by Gasteiger charge is -2.40. The maximum Gasteiger partial charge on any atom is 0.330 e. The molecular weight excluding hydrogens is 923 g/mol. The first-order valence-electron chi connectivity index (χ1n) is 27.7. The summed E-state index contributed by atoms with van der Waals surface area (Å²) in [4.78, 5) is 28.7. The highest BCUT2D eigenvalue weighted by molar-refractivity contribution is 8.03. The highest BCUT2D eigenvalue weighted by Gasteiger charge is 2.36. The molecule has 404 valence electrons. The van der Waals surface area contributed by atoms with Gasteiger partial charge in [0.1, 0.15) is 34.2 Å². The van der Waals surface area contributed by atoms with E-state index >= 15 is 0 Å². The van der Waals surface area contributed by atoms with E-state index in [9.17, 15) is 9.59 Å². The highest BCUT2D eigenvalue weighted by Crippen LogP contribution is 2.47. The van der Waals surface area contributed by atoms with Gasteiger partial charge in [0.15, 0.2) is 0 Å². The van der Waals surface area contributed by atoms with Crippen LogP contribution in [-0.4, -0.2) is 41.6 Å². The maximum atomic E-state index is 13.4. The Morgan fingerprint density at radius 2 is 1.41 bits per heavy atom. The van der Waals surface area contributed by atoms with Gasteiger partial charge in [-0.1, -0.05) is 130 Å². The Balaban J connectivity index is 0.000000589. The molecule has 73 heavy (non-hydrogen) atoms. The first kappa shape index (κ1) is 62.6. The van der Waals surface area contributed by atoms with Gasteiger partial charge in [-0.2, -0.15) is 0 Å². The molecule has 3 aromatic rings. The van der Waals surface area contributed by atoms with Crippen molar-refractivity contribution in [1.29, 1.82) is 0 Å². The molecule has 0 saturated heterocycles. The van der Waals surface area contributed by atoms with Crippen LogP contribution >= 0.6 is 11.8 Å². The van der Waals surface area contributed by atoms with Crippen molar-refractivity contribution in [1.82, 2.24) is 4.90 Å². The van der Waals surface area contributed by atoms with Gasteiger partial charge in [0.2, 0.25) is 0 Å². The normalized spacial score (nSPS) is 18.2. The van der Waals surface area contributed by atoms with Gasteiger partial charge < -0.3 is 23.8 Å². The van der Waals surface area contributed by atoms with Crippen LogP contribution in [0.15, 0.2) is 114 Å². The summed E-state index contributed by atoms with van der Waals surface area (Å²) in [5, 5.41) is 1.14. The van der Waals surface area contributed by atoms with Gasteiger partial charge in [-0.25, -0.2) is 4.79 Å². The van der Waals surface area contributed by atoms with E-state index in [1.165, 1.54) is 79.9 Å². The summed E-state index contributed by atoms with van der Waals surface area (Å²) in [6.45, 7) is 40.5. The molecule has 0 atom stereocenters. The fourth-order valence-electron chi connectivity index (χ4n) is 10.9. The third-order valence-electron chi connectivity index (χ3n) is 14.4. The predicted octanol–water partition coefficient (Wildman–Crippen LogP) is 18.5. The smallest absolute Gasteiger partial charge is 0.330 e. The Hall–Kier alpha value is -4.69. The van der Waals surface area contributed by atoms with Crippen molar-refractivity contribution in [2.45, 2.75) is 202 Å². The molecule has 0 heterocycles. The molecule has 0 spiro atoms. The molecule has 2 aliphatic rings. The van der Waals surface area contributed by atoms with Crippen LogP contribution in [0.25, 0.3) is 6.08 Å². The molecule has 7 nitrogen and oxygen atoms in total. The number of esters is 2. The summed E-state index contributed by atoms with van der Waals surface area (Å²) < 4.78 is 24.2. The SMILES string of the molecule is C=C(Sc1ccccc1C)N(C)CCCCCC.C=CC(=O)OC(C)(C)CC(C)(C)Oc1ccc(O/C(=C/C)C2CCC(C(=O)Oc3ccc(C4CCC(C(C)(C)CC(C)C)CC4)cc3C=C)CC2)cc1.CC. The molecule has 0 unspecified atom stereocenters. The number of carbonyl (C=O) groups is 2. The monoisotopic (exact) mass is 1020 g/mol. The largest absolute Gasteiger partial charge is 0.488 e. The third-order valence-corrected chi connectivity index (χ3v) is 15.6. The second-order valence-electron chi connectivity index (χ2n) is 22.5. The molecule has 0 N–H and O–H groups in total. The van der Waals surface area contributed by atoms with E-state index < -0.39 is 17.2 Å². The standard InChI is InChI=1S/C47H66O6.C16H25NS.C2H6/c1-12-33-29-37(34-19-22-38(23-20-34)45(6,7)30-32(4)5)21-28-42(33)51-44(49)36-17-15-35(16-18-36)41(13-2)50-39-24-26-40(27-25-39)52-46(8,9)31-47(10,11)53-43(48)14-3;1-5-6-7-10-13-17(4)15(3)18-16-12-9-8-11-14(16)2;1-2/h12-14,21,24-29,32,34-36,38H,1,3,15-20,22-23,30-31H2,2,4-11H3;8-9,11-12H,3,5-7,10,13H2,1-2,4H3;1-2H3/b41-13+;;. The zero-order chi connectivity index (χ0) is 54.4. The van der Waals surface area contributed by atoms with E-state index in [0.29, 0.717) is 29.3 Å². The van der Waals surface area contributed by atoms with Crippen molar-refractivity contribution in [3.8, 4) is 17.2 Å². The molecule has 0 aromatic heterocycles. The zero-order valence-corrected chi connectivity index (χ0v) is 48.8. The van der Waals surface area contributed by atoms with Crippen LogP contribution in [0, 0.1) is 36.0 Å². The van der Waals surface area contributed by atoms with Crippen molar-refractivity contribution in [2.75, 3.05) is 13.6 Å². The van der Waals surface area contributed by atoms with Crippen LogP contribution < -0.4 is 14.2 Å². The average Bonchev–Trinajstić information content (AvgIpc) is 3.35. The molecule has 2 aliphatic carbocycles. The lowest BCUT2D eigenvalue weighted by atomic mass is 9.65. The van der Waals surface area contributed by atoms with Crippen molar-refractivity contribution < 1.29 is 28.5 Å². The quantitative estimate of drug-likeness (QED) is 0.0219. The number of hydrogen-bond acceptors (Lipinski definition) is 8. The summed E-state index contributed by atoms with van der Waals surface area (Å²) in [7, 11) is 2.14. The molecule has 2 saturated carbocycles. The maximum absolute atomic E-state index is 13.4. The predicted molar refractivity (Wildman–Crippen MR) is 310 cm³/mol. The van der Waals surface area contributed by atoms with E-state index in [1.54, 1.807) is 11.8 Å². The first-order valence-corrected chi connectivity index (χ1v) is 28.5. The van der Waals surface area contributed by atoms with Gasteiger partial charge >= 0.3 is 11.9 Å². The number of allylic oxidation sites excluding steroid dienone is 2. The Morgan fingerprint density at radius 3 is 1.99 bits per heavy atom. The fourth-order valence-corrected chi connectivity index (χ4v) is 11.8. The summed E-state index contributed by atoms with van der Waals surface area (Å²) in [5.41, 5.74) is 2.65. The van der Waals surface area contributed by atoms with Gasteiger partial charge in [0.25, 0.3) is 0 Å². The topological polar surface area (TPSA) is 74.3 Å². The van der Waals surface area contributed by atoms with E-state index in [2.05, 4.69) is 110 Å². The molecule has 0 radical (unpaired) electrons. The number of hydrogen-bond donors (Lipinski definition) is 0. The van der Waals surface area contributed by atoms with E-state index in [4.69, 9.17) is 18.9 Å². The molecule has 5 rings (SSSR count). The molecular formula is C65H97NO6S. The number of thioether (sulfide) groups is 1. The average molecular weight is 1020 g/mol. The third kappa shape index (κ3) is 21.2. The van der Waals surface area contributed by atoms with Gasteiger partial charge in [0, 0.05) is 42.5 Å². The van der Waals surface area contributed by atoms with Crippen molar-refractivity contribution in [3.05, 3.63) is 126 Å². The number of benzene rings is 3. The number of carbonyl (C=O) groups excluding carboxylic acids is 2. The van der Waals surface area contributed by atoms with Crippen LogP contribution in [0.1, 0.15) is 196 Å². The minimum atomic E-state index is -0.710. The van der Waals surface area contributed by atoms with Crippen LogP contribution in [0.5, 0.6) is 17.2 Å². The minimum absolute atomic E-state index is 0.142. The molecule has 0 aliphatic heterocycles. The first-order chi connectivity index (χ1) is 34.6. The van der Waals surface area contributed by atoms with Gasteiger partial charge in [-0.3, -0.25) is 4.79 Å². The summed E-state index contributed by atoms with van der Waals surface area (Å²) in [6.07, 6.45) is 20.2. The number of nitrogens with zero attached hydrogens (tertiary/aromatic N) is 1. The van der Waals surface area contributed by atoms with Gasteiger partial charge in [0.05, 0.1) is 10.9 Å². The van der Waals surface area contributed by atoms with E-state index in [0.717, 1.165) is 66.2 Å². The van der Waals surface area contributed by atoms with Crippen LogP contribution in [0.3, 0.4) is 0 Å². The number of unbranched alkanes of at least 4 members (excludes halogenated alkanes) is 3. The zero-order valence-electron chi connectivity index (χ0n) is 48.0. The summed E-state index contributed by atoms with van der Waals surface area (Å²) >= 11 is 1.77. The Labute approximate surface area is 449 Å². The Morgan fingerprint density at radius 1 is 0.795 bits per heavy atom. The minimum Gasteiger partial charge on any atom is -0.488 e. The number of rotatable bonds is 24. The van der Waals surface area contributed by atoms with Gasteiger partial charge in [-0.05, 0) is 189 Å². The molecule has 8 heteroatoms. The summed E-state index contributed by atoms with van der Waals surface area (Å²) in [5.74, 6) is 4.48. The van der Waals surface area contributed by atoms with Crippen molar-refractivity contribution in [2.24, 2.45) is 29.1 Å². The van der Waals surface area contributed by atoms with Crippen LogP contribution in [-0.2, 0) is 14.3 Å². The number of aryl methyl sites for hydroxylation is 1. The lowest BCUT2D eigenvalue weighted by molar-refractivity contribution is -0.154. The van der Waals surface area contributed by atoms with Crippen molar-refractivity contribution in [3.63, 3.8) is 0 Å². The lowest BCUT2D eigenvalue weighted by Crippen LogP contribution is -2.40. The van der Waals surface area contributed by atoms with Crippen LogP contribution in [0.4, 0.5) is 0 Å². The summed E-state index contributed by atoms with van der Waals surface area (Å²) in [6, 6.07) is 22.4. The van der Waals surface area contributed by atoms with E-state index in [1.807, 2.05) is 91.0 Å². The number of ether oxygens (including phenoxy) is 4. The van der Waals surface area contributed by atoms with Crippen molar-refractivity contribution >= 4 is 29.8 Å².